The molecule has 0 amide bonds. The maximum atomic E-state index is 5.35. The molecule has 0 radical (unpaired) electrons. The van der Waals surface area contributed by atoms with Crippen molar-refractivity contribution >= 4 is 5.69 Å². The number of rotatable bonds is 1. The van der Waals surface area contributed by atoms with Gasteiger partial charge in [-0.15, -0.1) is 0 Å². The Morgan fingerprint density at radius 1 is 1.42 bits per heavy atom. The zero-order valence-electron chi connectivity index (χ0n) is 7.48. The third kappa shape index (κ3) is 0.951. The van der Waals surface area contributed by atoms with Gasteiger partial charge in [-0.2, -0.15) is 0 Å². The Bertz CT molecular complexity index is 307. The monoisotopic (exact) mass is 163 g/mol. The Kier molecular flexibility index (Phi) is 1.68. The molecule has 1 aromatic rings. The van der Waals surface area contributed by atoms with Crippen LogP contribution in [0.5, 0.6) is 5.75 Å². The van der Waals surface area contributed by atoms with E-state index in [0.29, 0.717) is 0 Å². The number of benzene rings is 1. The maximum absolute atomic E-state index is 5.35. The molecule has 2 rings (SSSR count). The summed E-state index contributed by atoms with van der Waals surface area (Å²) in [6, 6.07) is 4.22. The van der Waals surface area contributed by atoms with Crippen LogP contribution in [-0.2, 0) is 6.42 Å². The molecule has 0 bridgehead atoms. The Balaban J connectivity index is 2.57. The number of fused-ring (bicyclic) bond motifs is 1. The van der Waals surface area contributed by atoms with Crippen LogP contribution in [0.25, 0.3) is 0 Å². The first kappa shape index (κ1) is 7.47. The number of aryl methyl sites for hydroxylation is 1. The number of anilines is 1. The lowest BCUT2D eigenvalue weighted by Gasteiger charge is -2.09. The molecule has 2 heteroatoms. The highest BCUT2D eigenvalue weighted by Gasteiger charge is 2.15. The second kappa shape index (κ2) is 2.70. The second-order valence-corrected chi connectivity index (χ2v) is 3.12. The van der Waals surface area contributed by atoms with E-state index in [1.54, 1.807) is 7.11 Å². The summed E-state index contributed by atoms with van der Waals surface area (Å²) in [6.45, 7) is 3.12. The number of methoxy groups -OCH3 is 1. The first-order chi connectivity index (χ1) is 5.83. The van der Waals surface area contributed by atoms with E-state index in [4.69, 9.17) is 4.74 Å². The zero-order valence-corrected chi connectivity index (χ0v) is 7.48. The minimum atomic E-state index is 1.04. The first-order valence-corrected chi connectivity index (χ1v) is 4.23. The van der Waals surface area contributed by atoms with Crippen LogP contribution in [0.3, 0.4) is 0 Å². The summed E-state index contributed by atoms with van der Waals surface area (Å²) in [7, 11) is 1.74. The van der Waals surface area contributed by atoms with Gasteiger partial charge < -0.3 is 10.1 Å². The van der Waals surface area contributed by atoms with Gasteiger partial charge in [0.1, 0.15) is 5.75 Å². The Hall–Kier alpha value is -1.18. The number of hydrogen-bond acceptors (Lipinski definition) is 2. The van der Waals surface area contributed by atoms with Gasteiger partial charge >= 0.3 is 0 Å². The summed E-state index contributed by atoms with van der Waals surface area (Å²) >= 11 is 0. The molecule has 0 aromatic heterocycles. The highest BCUT2D eigenvalue weighted by Crippen LogP contribution is 2.33. The van der Waals surface area contributed by atoms with Crippen molar-refractivity contribution in [1.82, 2.24) is 0 Å². The van der Waals surface area contributed by atoms with Gasteiger partial charge in [-0.3, -0.25) is 0 Å². The molecular weight excluding hydrogens is 150 g/mol. The van der Waals surface area contributed by atoms with E-state index in [-0.39, 0.29) is 0 Å². The fraction of sp³-hybridized carbons (Fsp3) is 0.400. The molecule has 1 aromatic carbocycles. The van der Waals surface area contributed by atoms with Crippen LogP contribution < -0.4 is 10.1 Å². The van der Waals surface area contributed by atoms with Gasteiger partial charge in [0.05, 0.1) is 7.11 Å². The molecule has 12 heavy (non-hydrogen) atoms. The average molecular weight is 163 g/mol. The number of hydrogen-bond donors (Lipinski definition) is 1. The molecule has 0 atom stereocenters. The van der Waals surface area contributed by atoms with Crippen LogP contribution in [0.2, 0.25) is 0 Å². The molecule has 1 N–H and O–H groups in total. The van der Waals surface area contributed by atoms with E-state index in [9.17, 15) is 0 Å². The fourth-order valence-corrected chi connectivity index (χ4v) is 1.77. The lowest BCUT2D eigenvalue weighted by molar-refractivity contribution is 0.408. The normalized spacial score (nSPS) is 13.8. The van der Waals surface area contributed by atoms with Crippen molar-refractivity contribution in [3.8, 4) is 5.75 Å². The lowest BCUT2D eigenvalue weighted by atomic mass is 10.1. The van der Waals surface area contributed by atoms with Gasteiger partial charge in [-0.25, -0.2) is 0 Å². The summed E-state index contributed by atoms with van der Waals surface area (Å²) in [5, 5.41) is 3.32. The molecule has 0 saturated heterocycles. The molecule has 1 aliphatic heterocycles. The minimum absolute atomic E-state index is 1.04. The Labute approximate surface area is 72.5 Å². The average Bonchev–Trinajstić information content (AvgIpc) is 2.52. The topological polar surface area (TPSA) is 21.3 Å². The van der Waals surface area contributed by atoms with Crippen LogP contribution in [-0.4, -0.2) is 13.7 Å². The first-order valence-electron chi connectivity index (χ1n) is 4.23. The van der Waals surface area contributed by atoms with Crippen LogP contribution in [0.1, 0.15) is 11.1 Å². The fourth-order valence-electron chi connectivity index (χ4n) is 1.77. The molecule has 1 heterocycles. The van der Waals surface area contributed by atoms with Crippen LogP contribution in [0, 0.1) is 6.92 Å². The SMILES string of the molecule is COc1c(C)ccc2c1CCN2. The molecule has 0 fully saturated rings. The van der Waals surface area contributed by atoms with Gasteiger partial charge in [-0.05, 0) is 25.0 Å². The molecule has 0 unspecified atom stereocenters. The lowest BCUT2D eigenvalue weighted by Crippen LogP contribution is -1.92. The van der Waals surface area contributed by atoms with Crippen molar-refractivity contribution in [1.29, 1.82) is 0 Å². The summed E-state index contributed by atoms with van der Waals surface area (Å²) in [6.07, 6.45) is 1.08. The van der Waals surface area contributed by atoms with E-state index in [0.717, 1.165) is 18.7 Å². The molecule has 0 saturated carbocycles. The number of ether oxygens (including phenoxy) is 1. The third-order valence-electron chi connectivity index (χ3n) is 2.35. The summed E-state index contributed by atoms with van der Waals surface area (Å²) in [5.41, 5.74) is 3.79. The van der Waals surface area contributed by atoms with E-state index in [1.165, 1.54) is 16.8 Å². The highest BCUT2D eigenvalue weighted by atomic mass is 16.5. The van der Waals surface area contributed by atoms with E-state index in [2.05, 4.69) is 24.4 Å². The van der Waals surface area contributed by atoms with Gasteiger partial charge in [-0.1, -0.05) is 6.07 Å². The summed E-state index contributed by atoms with van der Waals surface area (Å²) in [5.74, 6) is 1.05. The predicted octanol–water partition coefficient (Wildman–Crippen LogP) is 1.97. The molecule has 0 spiro atoms. The second-order valence-electron chi connectivity index (χ2n) is 3.12. The zero-order chi connectivity index (χ0) is 8.55. The van der Waals surface area contributed by atoms with Crippen molar-refractivity contribution in [2.45, 2.75) is 13.3 Å². The van der Waals surface area contributed by atoms with Crippen molar-refractivity contribution in [3.05, 3.63) is 23.3 Å². The Morgan fingerprint density at radius 3 is 3.00 bits per heavy atom. The van der Waals surface area contributed by atoms with E-state index >= 15 is 0 Å². The summed E-state index contributed by atoms with van der Waals surface area (Å²) in [4.78, 5) is 0. The van der Waals surface area contributed by atoms with Crippen LogP contribution in [0.4, 0.5) is 5.69 Å². The smallest absolute Gasteiger partial charge is 0.127 e. The molecular formula is C10H13NO. The quantitative estimate of drug-likeness (QED) is 0.683. The van der Waals surface area contributed by atoms with Gasteiger partial charge in [0, 0.05) is 17.8 Å². The molecule has 0 aliphatic carbocycles. The van der Waals surface area contributed by atoms with Crippen molar-refractivity contribution in [2.75, 3.05) is 19.0 Å². The van der Waals surface area contributed by atoms with Gasteiger partial charge in [0.25, 0.3) is 0 Å². The van der Waals surface area contributed by atoms with Crippen molar-refractivity contribution < 1.29 is 4.74 Å². The van der Waals surface area contributed by atoms with Crippen LogP contribution >= 0.6 is 0 Å². The minimum Gasteiger partial charge on any atom is -0.496 e. The van der Waals surface area contributed by atoms with Crippen LogP contribution in [0.15, 0.2) is 12.1 Å². The largest absolute Gasteiger partial charge is 0.496 e. The Morgan fingerprint density at radius 2 is 2.25 bits per heavy atom. The van der Waals surface area contributed by atoms with Gasteiger partial charge in [0.15, 0.2) is 0 Å². The third-order valence-corrected chi connectivity index (χ3v) is 2.35. The standard InChI is InChI=1S/C10H13NO/c1-7-3-4-9-8(5-6-11-9)10(7)12-2/h3-4,11H,5-6H2,1-2H3. The maximum Gasteiger partial charge on any atom is 0.127 e. The van der Waals surface area contributed by atoms with Gasteiger partial charge in [0.2, 0.25) is 0 Å². The number of nitrogens with one attached hydrogen (secondary N) is 1. The van der Waals surface area contributed by atoms with Crippen molar-refractivity contribution in [2.24, 2.45) is 0 Å². The molecule has 2 nitrogen and oxygen atoms in total. The van der Waals surface area contributed by atoms with Crippen molar-refractivity contribution in [3.63, 3.8) is 0 Å². The summed E-state index contributed by atoms with van der Waals surface area (Å²) < 4.78 is 5.35. The van der Waals surface area contributed by atoms with E-state index in [1.807, 2.05) is 0 Å². The molecule has 64 valence electrons. The van der Waals surface area contributed by atoms with E-state index < -0.39 is 0 Å². The highest BCUT2D eigenvalue weighted by molar-refractivity contribution is 5.63. The predicted molar refractivity (Wildman–Crippen MR) is 49.9 cm³/mol. The molecule has 1 aliphatic rings.